The van der Waals surface area contributed by atoms with Crippen molar-refractivity contribution in [3.05, 3.63) is 29.1 Å². The van der Waals surface area contributed by atoms with Gasteiger partial charge in [0.15, 0.2) is 0 Å². The number of pyridine rings is 1. The number of aromatic nitrogens is 1. The summed E-state index contributed by atoms with van der Waals surface area (Å²) in [5, 5.41) is 11.9. The van der Waals surface area contributed by atoms with Gasteiger partial charge in [0.25, 0.3) is 5.91 Å². The number of carboxylic acids is 1. The normalized spacial score (nSPS) is 19.4. The van der Waals surface area contributed by atoms with E-state index in [0.717, 1.165) is 12.5 Å². The third-order valence-corrected chi connectivity index (χ3v) is 4.49. The molecule has 1 aromatic rings. The fourth-order valence-electron chi connectivity index (χ4n) is 2.85. The maximum Gasteiger partial charge on any atom is 0.337 e. The number of hydrogen-bond acceptors (Lipinski definition) is 3. The van der Waals surface area contributed by atoms with E-state index in [1.165, 1.54) is 37.8 Å². The summed E-state index contributed by atoms with van der Waals surface area (Å²) in [5.41, 5.74) is 1.15. The van der Waals surface area contributed by atoms with Crippen LogP contribution in [0.25, 0.3) is 0 Å². The maximum atomic E-state index is 12.1. The monoisotopic (exact) mass is 274 g/mol. The number of nitrogens with zero attached hydrogens (tertiary/aromatic N) is 1. The molecule has 0 unspecified atom stereocenters. The Morgan fingerprint density at radius 2 is 2.10 bits per heavy atom. The summed E-state index contributed by atoms with van der Waals surface area (Å²) >= 11 is 0. The van der Waals surface area contributed by atoms with Crippen LogP contribution in [0, 0.1) is 18.3 Å². The molecule has 2 aliphatic carbocycles. The van der Waals surface area contributed by atoms with Crippen LogP contribution in [-0.2, 0) is 0 Å². The average Bonchev–Trinajstić information content (AvgIpc) is 3.27. The van der Waals surface area contributed by atoms with Crippen molar-refractivity contribution in [3.8, 4) is 0 Å². The van der Waals surface area contributed by atoms with Crippen molar-refractivity contribution in [1.29, 1.82) is 0 Å². The highest BCUT2D eigenvalue weighted by Gasteiger charge is 2.53. The van der Waals surface area contributed by atoms with E-state index >= 15 is 0 Å². The largest absolute Gasteiger partial charge is 0.478 e. The van der Waals surface area contributed by atoms with E-state index in [-0.39, 0.29) is 11.5 Å². The van der Waals surface area contributed by atoms with E-state index in [9.17, 15) is 9.59 Å². The summed E-state index contributed by atoms with van der Waals surface area (Å²) in [5.74, 6) is -0.434. The Morgan fingerprint density at radius 3 is 2.60 bits per heavy atom. The zero-order valence-corrected chi connectivity index (χ0v) is 11.5. The molecule has 1 heterocycles. The van der Waals surface area contributed by atoms with E-state index in [0.29, 0.717) is 16.8 Å². The number of hydrogen-bond donors (Lipinski definition) is 2. The lowest BCUT2D eigenvalue weighted by atomic mass is 10.0. The summed E-state index contributed by atoms with van der Waals surface area (Å²) < 4.78 is 0. The number of amides is 1. The van der Waals surface area contributed by atoms with Crippen molar-refractivity contribution >= 4 is 11.9 Å². The van der Waals surface area contributed by atoms with Gasteiger partial charge < -0.3 is 10.4 Å². The molecule has 106 valence electrons. The van der Waals surface area contributed by atoms with Crippen LogP contribution < -0.4 is 5.32 Å². The number of aryl methyl sites for hydroxylation is 1. The van der Waals surface area contributed by atoms with Crippen LogP contribution >= 0.6 is 0 Å². The highest BCUT2D eigenvalue weighted by atomic mass is 16.4. The van der Waals surface area contributed by atoms with Gasteiger partial charge in [-0.2, -0.15) is 0 Å². The van der Waals surface area contributed by atoms with Gasteiger partial charge in [-0.25, -0.2) is 9.78 Å². The van der Waals surface area contributed by atoms with E-state index < -0.39 is 5.97 Å². The van der Waals surface area contributed by atoms with E-state index in [1.54, 1.807) is 6.92 Å². The highest BCUT2D eigenvalue weighted by molar-refractivity contribution is 5.94. The zero-order chi connectivity index (χ0) is 14.3. The zero-order valence-electron chi connectivity index (χ0n) is 11.5. The van der Waals surface area contributed by atoms with E-state index in [2.05, 4.69) is 10.3 Å². The van der Waals surface area contributed by atoms with Gasteiger partial charge in [0.05, 0.1) is 11.3 Å². The van der Waals surface area contributed by atoms with Gasteiger partial charge in [-0.05, 0) is 56.1 Å². The van der Waals surface area contributed by atoms with Gasteiger partial charge in [0.2, 0.25) is 0 Å². The van der Waals surface area contributed by atoms with Crippen molar-refractivity contribution in [2.24, 2.45) is 11.3 Å². The molecule has 3 rings (SSSR count). The quantitative estimate of drug-likeness (QED) is 0.860. The standard InChI is InChI=1S/C15H18N2O3/c1-9-11(14(19)20)4-5-12(17-9)13(18)16-8-15(6-7-15)10-2-3-10/h4-5,10H,2-3,6-8H2,1H3,(H,16,18)(H,19,20). The lowest BCUT2D eigenvalue weighted by Crippen LogP contribution is -2.31. The highest BCUT2D eigenvalue weighted by Crippen LogP contribution is 2.60. The van der Waals surface area contributed by atoms with E-state index in [4.69, 9.17) is 5.11 Å². The molecule has 2 N–H and O–H groups in total. The molecule has 5 nitrogen and oxygen atoms in total. The first-order chi connectivity index (χ1) is 9.52. The molecule has 0 spiro atoms. The number of nitrogens with one attached hydrogen (secondary N) is 1. The van der Waals surface area contributed by atoms with Crippen LogP contribution in [0.3, 0.4) is 0 Å². The van der Waals surface area contributed by atoms with Crippen molar-refractivity contribution in [2.45, 2.75) is 32.6 Å². The van der Waals surface area contributed by atoms with Gasteiger partial charge in [0.1, 0.15) is 5.69 Å². The second-order valence-electron chi connectivity index (χ2n) is 5.95. The molecule has 2 saturated carbocycles. The summed E-state index contributed by atoms with van der Waals surface area (Å²) in [6.45, 7) is 2.32. The van der Waals surface area contributed by atoms with Crippen LogP contribution in [-0.4, -0.2) is 28.5 Å². The first-order valence-corrected chi connectivity index (χ1v) is 7.01. The minimum absolute atomic E-state index is 0.137. The molecular formula is C15H18N2O3. The lowest BCUT2D eigenvalue weighted by molar-refractivity contribution is 0.0694. The maximum absolute atomic E-state index is 12.1. The van der Waals surface area contributed by atoms with Crippen molar-refractivity contribution in [1.82, 2.24) is 10.3 Å². The van der Waals surface area contributed by atoms with Crippen LogP contribution in [0.4, 0.5) is 0 Å². The Balaban J connectivity index is 1.65. The Bertz CT molecular complexity index is 574. The first-order valence-electron chi connectivity index (χ1n) is 7.01. The molecule has 0 bridgehead atoms. The van der Waals surface area contributed by atoms with Gasteiger partial charge in [0, 0.05) is 6.54 Å². The number of aromatic carboxylic acids is 1. The summed E-state index contributed by atoms with van der Waals surface area (Å²) in [7, 11) is 0. The SMILES string of the molecule is Cc1nc(C(=O)NCC2(C3CC3)CC2)ccc1C(=O)O. The van der Waals surface area contributed by atoms with Crippen LogP contribution in [0.1, 0.15) is 52.2 Å². The van der Waals surface area contributed by atoms with Crippen molar-refractivity contribution in [2.75, 3.05) is 6.54 Å². The third kappa shape index (κ3) is 2.40. The number of rotatable bonds is 5. The molecular weight excluding hydrogens is 256 g/mol. The van der Waals surface area contributed by atoms with Crippen molar-refractivity contribution < 1.29 is 14.7 Å². The minimum Gasteiger partial charge on any atom is -0.478 e. The van der Waals surface area contributed by atoms with Crippen molar-refractivity contribution in [3.63, 3.8) is 0 Å². The Morgan fingerprint density at radius 1 is 1.40 bits per heavy atom. The molecule has 1 amide bonds. The molecule has 1 aromatic heterocycles. The third-order valence-electron chi connectivity index (χ3n) is 4.49. The van der Waals surface area contributed by atoms with E-state index in [1.807, 2.05) is 0 Å². The number of carbonyl (C=O) groups is 2. The molecule has 0 saturated heterocycles. The second kappa shape index (κ2) is 4.58. The minimum atomic E-state index is -1.02. The number of carboxylic acid groups (broad SMARTS) is 1. The molecule has 0 aliphatic heterocycles. The van der Waals surface area contributed by atoms with Crippen LogP contribution in [0.15, 0.2) is 12.1 Å². The summed E-state index contributed by atoms with van der Waals surface area (Å²) in [6.07, 6.45) is 5.01. The Labute approximate surface area is 117 Å². The molecule has 2 fully saturated rings. The van der Waals surface area contributed by atoms with Gasteiger partial charge in [-0.1, -0.05) is 0 Å². The molecule has 5 heteroatoms. The fraction of sp³-hybridized carbons (Fsp3) is 0.533. The van der Waals surface area contributed by atoms with Crippen LogP contribution in [0.5, 0.6) is 0 Å². The molecule has 2 aliphatic rings. The molecule has 0 atom stereocenters. The molecule has 20 heavy (non-hydrogen) atoms. The number of carbonyl (C=O) groups excluding carboxylic acids is 1. The van der Waals surface area contributed by atoms with Gasteiger partial charge in [-0.15, -0.1) is 0 Å². The Kier molecular flexibility index (Phi) is 3.00. The fourth-order valence-corrected chi connectivity index (χ4v) is 2.85. The topological polar surface area (TPSA) is 79.3 Å². The second-order valence-corrected chi connectivity index (χ2v) is 5.95. The predicted octanol–water partition coefficient (Wildman–Crippen LogP) is 2.01. The van der Waals surface area contributed by atoms with Gasteiger partial charge >= 0.3 is 5.97 Å². The van der Waals surface area contributed by atoms with Crippen LogP contribution in [0.2, 0.25) is 0 Å². The van der Waals surface area contributed by atoms with Gasteiger partial charge in [-0.3, -0.25) is 4.79 Å². The lowest BCUT2D eigenvalue weighted by Gasteiger charge is -2.14. The summed E-state index contributed by atoms with van der Waals surface area (Å²) in [6, 6.07) is 2.91. The first kappa shape index (κ1) is 13.1. The Hall–Kier alpha value is -1.91. The molecule has 0 aromatic carbocycles. The predicted molar refractivity (Wildman–Crippen MR) is 72.7 cm³/mol. The smallest absolute Gasteiger partial charge is 0.337 e. The molecule has 0 radical (unpaired) electrons. The summed E-state index contributed by atoms with van der Waals surface area (Å²) in [4.78, 5) is 27.1. The average molecular weight is 274 g/mol.